The molecule has 104 valence electrons. The predicted molar refractivity (Wildman–Crippen MR) is 79.3 cm³/mol. The quantitative estimate of drug-likeness (QED) is 0.745. The van der Waals surface area contributed by atoms with E-state index in [0.717, 1.165) is 19.3 Å². The van der Waals surface area contributed by atoms with Gasteiger partial charge in [0.1, 0.15) is 5.82 Å². The number of hydrogen-bond acceptors (Lipinski definition) is 1. The number of nitrogens with zero attached hydrogens (tertiary/aromatic N) is 1. The molecule has 2 unspecified atom stereocenters. The molecule has 1 aromatic heterocycles. The van der Waals surface area contributed by atoms with Gasteiger partial charge in [-0.2, -0.15) is 0 Å². The Morgan fingerprint density at radius 3 is 2.06 bits per heavy atom. The van der Waals surface area contributed by atoms with E-state index in [-0.39, 0.29) is 5.41 Å². The molecule has 0 aromatic carbocycles. The first-order valence-electron chi connectivity index (χ1n) is 7.47. The van der Waals surface area contributed by atoms with Gasteiger partial charge >= 0.3 is 0 Å². The second-order valence-corrected chi connectivity index (χ2v) is 6.24. The Hall–Kier alpha value is -0.790. The van der Waals surface area contributed by atoms with E-state index in [0.29, 0.717) is 11.8 Å². The number of imidazole rings is 1. The van der Waals surface area contributed by atoms with Crippen molar-refractivity contribution in [2.75, 3.05) is 0 Å². The summed E-state index contributed by atoms with van der Waals surface area (Å²) < 4.78 is 0. The van der Waals surface area contributed by atoms with Gasteiger partial charge in [0.25, 0.3) is 0 Å². The van der Waals surface area contributed by atoms with Crippen LogP contribution in [0.3, 0.4) is 0 Å². The Bertz CT molecular complexity index is 376. The van der Waals surface area contributed by atoms with E-state index in [1.54, 1.807) is 0 Å². The van der Waals surface area contributed by atoms with Crippen LogP contribution in [0.1, 0.15) is 96.8 Å². The van der Waals surface area contributed by atoms with Gasteiger partial charge < -0.3 is 4.98 Å². The third kappa shape index (κ3) is 2.96. The van der Waals surface area contributed by atoms with Gasteiger partial charge in [-0.25, -0.2) is 4.98 Å². The molecule has 1 aromatic rings. The van der Waals surface area contributed by atoms with Crippen LogP contribution in [0.4, 0.5) is 0 Å². The average molecular weight is 250 g/mol. The summed E-state index contributed by atoms with van der Waals surface area (Å²) in [5, 5.41) is 0. The first kappa shape index (κ1) is 15.3. The minimum atomic E-state index is 0.168. The van der Waals surface area contributed by atoms with Crippen LogP contribution in [0.5, 0.6) is 0 Å². The fourth-order valence-corrected chi connectivity index (χ4v) is 2.08. The SMILES string of the molecule is CCC(C)c1nc(C(C)(C)CC)c(C(C)CC)[nH]1. The van der Waals surface area contributed by atoms with Crippen molar-refractivity contribution in [3.05, 3.63) is 17.2 Å². The zero-order valence-corrected chi connectivity index (χ0v) is 13.2. The highest BCUT2D eigenvalue weighted by Crippen LogP contribution is 2.34. The molecule has 0 saturated carbocycles. The molecular weight excluding hydrogens is 220 g/mol. The molecule has 2 heteroatoms. The summed E-state index contributed by atoms with van der Waals surface area (Å²) in [7, 11) is 0. The van der Waals surface area contributed by atoms with E-state index in [1.807, 2.05) is 0 Å². The summed E-state index contributed by atoms with van der Waals surface area (Å²) >= 11 is 0. The minimum Gasteiger partial charge on any atom is -0.345 e. The number of aromatic nitrogens is 2. The van der Waals surface area contributed by atoms with Crippen LogP contribution in [0.15, 0.2) is 0 Å². The van der Waals surface area contributed by atoms with Gasteiger partial charge in [0.2, 0.25) is 0 Å². The third-order valence-electron chi connectivity index (χ3n) is 4.46. The van der Waals surface area contributed by atoms with Gasteiger partial charge in [-0.15, -0.1) is 0 Å². The Balaban J connectivity index is 3.25. The van der Waals surface area contributed by atoms with Gasteiger partial charge in [0.15, 0.2) is 0 Å². The number of H-pyrrole nitrogens is 1. The van der Waals surface area contributed by atoms with Gasteiger partial charge in [-0.05, 0) is 25.2 Å². The molecule has 0 radical (unpaired) electrons. The van der Waals surface area contributed by atoms with E-state index in [1.165, 1.54) is 17.2 Å². The lowest BCUT2D eigenvalue weighted by molar-refractivity contribution is 0.480. The van der Waals surface area contributed by atoms with Gasteiger partial charge in [-0.3, -0.25) is 0 Å². The maximum atomic E-state index is 4.94. The molecule has 0 spiro atoms. The lowest BCUT2D eigenvalue weighted by Crippen LogP contribution is -2.19. The second-order valence-electron chi connectivity index (χ2n) is 6.24. The Kier molecular flexibility index (Phi) is 5.01. The number of hydrogen-bond donors (Lipinski definition) is 1. The van der Waals surface area contributed by atoms with E-state index >= 15 is 0 Å². The molecule has 0 aliphatic rings. The first-order valence-corrected chi connectivity index (χ1v) is 7.47. The Morgan fingerprint density at radius 2 is 1.61 bits per heavy atom. The molecule has 0 aliphatic carbocycles. The maximum Gasteiger partial charge on any atom is 0.109 e. The van der Waals surface area contributed by atoms with Crippen LogP contribution in [-0.2, 0) is 5.41 Å². The van der Waals surface area contributed by atoms with Crippen LogP contribution in [-0.4, -0.2) is 9.97 Å². The topological polar surface area (TPSA) is 28.7 Å². The van der Waals surface area contributed by atoms with Gasteiger partial charge in [0, 0.05) is 17.0 Å². The normalized spacial score (nSPS) is 15.7. The van der Waals surface area contributed by atoms with Gasteiger partial charge in [-0.1, -0.05) is 48.5 Å². The fraction of sp³-hybridized carbons (Fsp3) is 0.812. The van der Waals surface area contributed by atoms with E-state index in [2.05, 4.69) is 53.5 Å². The average Bonchev–Trinajstić information content (AvgIpc) is 2.82. The summed E-state index contributed by atoms with van der Waals surface area (Å²) in [5.74, 6) is 2.26. The lowest BCUT2D eigenvalue weighted by Gasteiger charge is -2.23. The standard InChI is InChI=1S/C16H30N2/c1-8-11(4)13-14(16(6,7)10-3)18-15(17-13)12(5)9-2/h11-12H,8-10H2,1-7H3,(H,17,18). The van der Waals surface area contributed by atoms with Crippen molar-refractivity contribution >= 4 is 0 Å². The molecule has 1 rings (SSSR count). The summed E-state index contributed by atoms with van der Waals surface area (Å²) in [5.41, 5.74) is 2.82. The van der Waals surface area contributed by atoms with E-state index in [9.17, 15) is 0 Å². The van der Waals surface area contributed by atoms with Crippen LogP contribution in [0, 0.1) is 0 Å². The summed E-state index contributed by atoms with van der Waals surface area (Å²) in [6.07, 6.45) is 3.43. The molecule has 0 aliphatic heterocycles. The second kappa shape index (κ2) is 5.90. The monoisotopic (exact) mass is 250 g/mol. The number of rotatable bonds is 6. The van der Waals surface area contributed by atoms with E-state index in [4.69, 9.17) is 4.98 Å². The van der Waals surface area contributed by atoms with Crippen LogP contribution < -0.4 is 0 Å². The molecular formula is C16H30N2. The van der Waals surface area contributed by atoms with Crippen molar-refractivity contribution in [3.8, 4) is 0 Å². The number of aromatic amines is 1. The lowest BCUT2D eigenvalue weighted by atomic mass is 9.83. The number of nitrogens with one attached hydrogen (secondary N) is 1. The van der Waals surface area contributed by atoms with Crippen LogP contribution in [0.25, 0.3) is 0 Å². The first-order chi connectivity index (χ1) is 8.37. The molecule has 1 N–H and O–H groups in total. The van der Waals surface area contributed by atoms with E-state index < -0.39 is 0 Å². The highest BCUT2D eigenvalue weighted by Gasteiger charge is 2.28. The molecule has 2 atom stereocenters. The van der Waals surface area contributed by atoms with Crippen molar-refractivity contribution in [1.82, 2.24) is 9.97 Å². The fourth-order valence-electron chi connectivity index (χ4n) is 2.08. The molecule has 1 heterocycles. The van der Waals surface area contributed by atoms with Crippen molar-refractivity contribution in [1.29, 1.82) is 0 Å². The van der Waals surface area contributed by atoms with Crippen molar-refractivity contribution < 1.29 is 0 Å². The van der Waals surface area contributed by atoms with Crippen molar-refractivity contribution in [3.63, 3.8) is 0 Å². The summed E-state index contributed by atoms with van der Waals surface area (Å²) in [6.45, 7) is 15.9. The largest absolute Gasteiger partial charge is 0.345 e. The van der Waals surface area contributed by atoms with Gasteiger partial charge in [0.05, 0.1) is 5.69 Å². The van der Waals surface area contributed by atoms with Crippen LogP contribution in [0.2, 0.25) is 0 Å². The van der Waals surface area contributed by atoms with Crippen LogP contribution >= 0.6 is 0 Å². The zero-order chi connectivity index (χ0) is 13.9. The molecule has 0 fully saturated rings. The highest BCUT2D eigenvalue weighted by molar-refractivity contribution is 5.26. The summed E-state index contributed by atoms with van der Waals surface area (Å²) in [6, 6.07) is 0. The molecule has 2 nitrogen and oxygen atoms in total. The third-order valence-corrected chi connectivity index (χ3v) is 4.46. The van der Waals surface area contributed by atoms with Crippen molar-refractivity contribution in [2.45, 2.75) is 85.0 Å². The molecule has 0 saturated heterocycles. The molecule has 18 heavy (non-hydrogen) atoms. The van der Waals surface area contributed by atoms with Crippen molar-refractivity contribution in [2.24, 2.45) is 0 Å². The Labute approximate surface area is 113 Å². The smallest absolute Gasteiger partial charge is 0.109 e. The molecule has 0 amide bonds. The molecule has 0 bridgehead atoms. The Morgan fingerprint density at radius 1 is 1.06 bits per heavy atom. The zero-order valence-electron chi connectivity index (χ0n) is 13.2. The predicted octanol–water partition coefficient (Wildman–Crippen LogP) is 5.12. The highest BCUT2D eigenvalue weighted by atomic mass is 15.0. The minimum absolute atomic E-state index is 0.168. The summed E-state index contributed by atoms with van der Waals surface area (Å²) in [4.78, 5) is 8.55. The maximum absolute atomic E-state index is 4.94.